The fourth-order valence-corrected chi connectivity index (χ4v) is 11.0. The molecular weight excluding hydrogens is 1300 g/mol. The molecule has 4 aromatic rings. The van der Waals surface area contributed by atoms with Gasteiger partial charge >= 0.3 is 22.8 Å². The quantitative estimate of drug-likeness (QED) is 0.0422. The first kappa shape index (κ1) is 82.3. The zero-order valence-corrected chi connectivity index (χ0v) is 60.8. The fourth-order valence-electron chi connectivity index (χ4n) is 11.0. The van der Waals surface area contributed by atoms with Crippen LogP contribution in [0, 0.1) is 45.4 Å². The minimum atomic E-state index is -0.667. The molecular formula is C64H100N20O16. The highest BCUT2D eigenvalue weighted by Gasteiger charge is 2.41. The standard InChI is InChI=1S/2C18H29N5O4.2C14H21N5O4/c1-11-9-22(16(25)23(15(11)24)17(2,3)4)14-8-12(20-21-19)13(27-14)10-26-18(5,6)7;1-11(2)7-23-17(24)13(5)8-22(18(23)25)16-6-14(20-21-19)15(27-16)10-26-9-12(3)4;1-8-6-19(13(21)16-12(8)20)11-5-9(17-18-15)10(23-11)7-22-14(2,3)4;1-8(2)6-22-7-11-10(17-18-15)4-12(23-11)19-5-9(3)13(20)16-14(19)21/h9,12-14H,8,10H2,1-7H3;8,11-12,14-16H,6-7,9-10H2,1-5H3;6,9-11H,5,7H2,1-4H3,(H,16,20,21);5,8,10-12H,4,6-7H2,1-3H3,(H,16,20,21)/t12?,13-,14-;14?,15-,16-;9?,10-,11-;10?,11-,12-/m1111/s1. The van der Waals surface area contributed by atoms with E-state index in [1.165, 1.54) is 52.2 Å². The van der Waals surface area contributed by atoms with Gasteiger partial charge in [-0.1, -0.05) is 62.0 Å². The molecule has 0 spiro atoms. The number of azide groups is 4. The van der Waals surface area contributed by atoms with Gasteiger partial charge in [-0.2, -0.15) is 0 Å². The van der Waals surface area contributed by atoms with Crippen molar-refractivity contribution in [2.75, 3.05) is 39.6 Å². The van der Waals surface area contributed by atoms with E-state index in [9.17, 15) is 38.4 Å². The van der Waals surface area contributed by atoms with E-state index in [2.05, 4.69) is 50.1 Å². The highest BCUT2D eigenvalue weighted by molar-refractivity contribution is 5.08. The predicted octanol–water partition coefficient (Wildman–Crippen LogP) is 8.58. The number of nitrogens with zero attached hydrogens (tertiary/aromatic N) is 18. The van der Waals surface area contributed by atoms with E-state index >= 15 is 0 Å². The Bertz CT molecular complexity index is 4140. The van der Waals surface area contributed by atoms with Gasteiger partial charge in [-0.3, -0.25) is 56.5 Å². The van der Waals surface area contributed by atoms with Gasteiger partial charge in [-0.05, 0) is 130 Å². The minimum absolute atomic E-state index is 0.156. The van der Waals surface area contributed by atoms with Crippen LogP contribution in [0.2, 0.25) is 0 Å². The third kappa shape index (κ3) is 23.4. The number of hydrogen-bond donors (Lipinski definition) is 2. The minimum Gasteiger partial charge on any atom is -0.378 e. The molecule has 0 aliphatic carbocycles. The summed E-state index contributed by atoms with van der Waals surface area (Å²) in [6.07, 6.45) is 3.13. The van der Waals surface area contributed by atoms with E-state index < -0.39 is 113 Å². The summed E-state index contributed by atoms with van der Waals surface area (Å²) in [4.78, 5) is 113. The lowest BCUT2D eigenvalue weighted by atomic mass is 10.1. The molecule has 36 nitrogen and oxygen atoms in total. The number of aromatic nitrogens is 8. The molecule has 0 aromatic carbocycles. The van der Waals surface area contributed by atoms with Crippen molar-refractivity contribution in [3.05, 3.63) is 172 Å². The SMILES string of the molecule is Cc1cn([C@H]2CC(N=[N+]=[N-])[C@@H](COC(C)(C)C)O2)c(=O)[nH]c1=O.Cc1cn([C@H]2CC(N=[N+]=[N-])[C@@H](COC(C)(C)C)O2)c(=O)n(C(C)(C)C)c1=O.Cc1cn([C@H]2CC(N=[N+]=[N-])[C@@H](COCC(C)C)O2)c(=O)[nH]c1=O.Cc1cn([C@H]2CC(N=[N+]=[N-])[C@@H](COCC(C)C)O2)c(=O)n(CC(C)C)c1=O. The lowest BCUT2D eigenvalue weighted by molar-refractivity contribution is -0.0859. The Labute approximate surface area is 577 Å². The molecule has 4 aliphatic rings. The van der Waals surface area contributed by atoms with Gasteiger partial charge in [-0.25, -0.2) is 19.2 Å². The number of rotatable bonds is 22. The summed E-state index contributed by atoms with van der Waals surface area (Å²) in [6.45, 7) is 38.1. The van der Waals surface area contributed by atoms with Crippen LogP contribution in [-0.4, -0.2) is 137 Å². The van der Waals surface area contributed by atoms with Crippen LogP contribution in [0.5, 0.6) is 0 Å². The first-order valence-electron chi connectivity index (χ1n) is 33.3. The highest BCUT2D eigenvalue weighted by Crippen LogP contribution is 2.35. The summed E-state index contributed by atoms with van der Waals surface area (Å²) in [7, 11) is 0. The number of H-pyrrole nitrogens is 2. The van der Waals surface area contributed by atoms with Crippen molar-refractivity contribution < 1.29 is 37.9 Å². The van der Waals surface area contributed by atoms with E-state index in [1.807, 2.05) is 83.1 Å². The molecule has 8 rings (SSSR count). The number of ether oxygens (including phenoxy) is 8. The highest BCUT2D eigenvalue weighted by atomic mass is 16.6. The molecule has 4 saturated heterocycles. The topological polar surface area (TPSA) is 467 Å². The van der Waals surface area contributed by atoms with Crippen molar-refractivity contribution in [3.8, 4) is 0 Å². The molecule has 8 heterocycles. The maximum atomic E-state index is 13.0. The van der Waals surface area contributed by atoms with Crippen LogP contribution < -0.4 is 45.0 Å². The zero-order chi connectivity index (χ0) is 74.9. The smallest absolute Gasteiger partial charge is 0.333 e. The van der Waals surface area contributed by atoms with Crippen LogP contribution in [0.4, 0.5) is 0 Å². The van der Waals surface area contributed by atoms with E-state index in [-0.39, 0.29) is 54.7 Å². The van der Waals surface area contributed by atoms with Gasteiger partial charge < -0.3 is 37.9 Å². The van der Waals surface area contributed by atoms with Crippen molar-refractivity contribution in [3.63, 3.8) is 0 Å². The van der Waals surface area contributed by atoms with Crippen LogP contribution in [0.25, 0.3) is 41.8 Å². The Hall–Kier alpha value is -8.36. The van der Waals surface area contributed by atoms with Crippen LogP contribution in [-0.2, 0) is 50.0 Å². The normalized spacial score (nSPS) is 23.5. The molecule has 0 bridgehead atoms. The van der Waals surface area contributed by atoms with Gasteiger partial charge in [-0.15, -0.1) is 0 Å². The number of aromatic amines is 2. The van der Waals surface area contributed by atoms with E-state index in [0.717, 1.165) is 0 Å². The Kier molecular flexibility index (Phi) is 29.9. The Balaban J connectivity index is 0.000000241. The first-order chi connectivity index (χ1) is 46.7. The van der Waals surface area contributed by atoms with E-state index in [0.29, 0.717) is 79.5 Å². The molecule has 4 aromatic heterocycles. The largest absolute Gasteiger partial charge is 0.378 e. The van der Waals surface area contributed by atoms with Gasteiger partial charge in [0.1, 0.15) is 24.9 Å². The molecule has 100 heavy (non-hydrogen) atoms. The molecule has 12 atom stereocenters. The number of nitrogens with one attached hydrogen (secondary N) is 2. The molecule has 552 valence electrons. The molecule has 4 unspecified atom stereocenters. The second-order valence-corrected chi connectivity index (χ2v) is 29.3. The Morgan fingerprint density at radius 2 is 0.770 bits per heavy atom. The number of hydrogen-bond acceptors (Lipinski definition) is 20. The average molecular weight is 1410 g/mol. The molecule has 4 fully saturated rings. The van der Waals surface area contributed by atoms with E-state index in [1.54, 1.807) is 48.5 Å². The summed E-state index contributed by atoms with van der Waals surface area (Å²) in [5.41, 5.74) is 32.0. The monoisotopic (exact) mass is 1400 g/mol. The van der Waals surface area contributed by atoms with Gasteiger partial charge in [0.05, 0.1) is 86.2 Å². The summed E-state index contributed by atoms with van der Waals surface area (Å²) in [5, 5.41) is 15.1. The van der Waals surface area contributed by atoms with Crippen molar-refractivity contribution in [1.29, 1.82) is 0 Å². The fraction of sp³-hybridized carbons (Fsp3) is 0.750. The third-order valence-electron chi connectivity index (χ3n) is 15.8. The Morgan fingerprint density at radius 3 is 1.08 bits per heavy atom. The molecule has 4 aliphatic heterocycles. The number of aryl methyl sites for hydroxylation is 4. The molecule has 0 saturated carbocycles. The third-order valence-corrected chi connectivity index (χ3v) is 15.8. The van der Waals surface area contributed by atoms with Crippen molar-refractivity contribution in [2.45, 2.75) is 254 Å². The Morgan fingerprint density at radius 1 is 0.460 bits per heavy atom. The maximum absolute atomic E-state index is 13.0. The van der Waals surface area contributed by atoms with Crippen LogP contribution >= 0.6 is 0 Å². The molecule has 0 radical (unpaired) electrons. The van der Waals surface area contributed by atoms with Crippen LogP contribution in [0.3, 0.4) is 0 Å². The van der Waals surface area contributed by atoms with Crippen LogP contribution in [0.1, 0.15) is 177 Å². The molecule has 36 heteroatoms. The van der Waals surface area contributed by atoms with Gasteiger partial charge in [0.25, 0.3) is 22.2 Å². The second kappa shape index (κ2) is 36.3. The van der Waals surface area contributed by atoms with Crippen molar-refractivity contribution >= 4 is 0 Å². The van der Waals surface area contributed by atoms with Crippen molar-refractivity contribution in [2.24, 2.45) is 38.2 Å². The van der Waals surface area contributed by atoms with Gasteiger partial charge in [0, 0.05) is 118 Å². The van der Waals surface area contributed by atoms with Gasteiger partial charge in [0.2, 0.25) is 0 Å². The van der Waals surface area contributed by atoms with E-state index in [4.69, 9.17) is 60.0 Å². The lowest BCUT2D eigenvalue weighted by Crippen LogP contribution is -2.49. The predicted molar refractivity (Wildman–Crippen MR) is 370 cm³/mol. The summed E-state index contributed by atoms with van der Waals surface area (Å²) in [5.74, 6) is 0.919. The summed E-state index contributed by atoms with van der Waals surface area (Å²) >= 11 is 0. The molecule has 0 amide bonds. The van der Waals surface area contributed by atoms with Gasteiger partial charge in [0.15, 0.2) is 0 Å². The maximum Gasteiger partial charge on any atom is 0.333 e. The summed E-state index contributed by atoms with van der Waals surface area (Å²) < 4.78 is 54.3. The van der Waals surface area contributed by atoms with Crippen LogP contribution in [0.15, 0.2) is 83.6 Å². The lowest BCUT2D eigenvalue weighted by Gasteiger charge is -2.25. The summed E-state index contributed by atoms with van der Waals surface area (Å²) in [6, 6.07) is -1.74. The zero-order valence-electron chi connectivity index (χ0n) is 60.8. The second-order valence-electron chi connectivity index (χ2n) is 29.3. The van der Waals surface area contributed by atoms with Crippen molar-refractivity contribution in [1.82, 2.24) is 37.4 Å². The average Bonchev–Trinajstić information content (AvgIpc) is 1.40. The first-order valence-corrected chi connectivity index (χ1v) is 33.3. The molecule has 2 N–H and O–H groups in total.